The summed E-state index contributed by atoms with van der Waals surface area (Å²) < 4.78 is 0. The maximum absolute atomic E-state index is 12.3. The zero-order valence-corrected chi connectivity index (χ0v) is 12.7. The number of hydrogen-bond donors (Lipinski definition) is 2. The van der Waals surface area contributed by atoms with Crippen LogP contribution in [0.25, 0.3) is 16.8 Å². The number of carbonyl (C=O) groups is 1. The van der Waals surface area contributed by atoms with Gasteiger partial charge in [0.05, 0.1) is 0 Å². The predicted octanol–water partition coefficient (Wildman–Crippen LogP) is 4.09. The Morgan fingerprint density at radius 1 is 1.00 bits per heavy atom. The Bertz CT molecular complexity index is 984. The van der Waals surface area contributed by atoms with Crippen molar-refractivity contribution in [3.8, 4) is 11.8 Å². The van der Waals surface area contributed by atoms with Crippen LogP contribution >= 0.6 is 0 Å². The molecule has 2 N–H and O–H groups in total. The number of nitrogens with one attached hydrogen (secondary N) is 1. The number of phenols is 1. The van der Waals surface area contributed by atoms with Gasteiger partial charge in [-0.1, -0.05) is 48.5 Å². The second-order valence-corrected chi connectivity index (χ2v) is 5.24. The lowest BCUT2D eigenvalue weighted by atomic mass is 10.1. The number of nitrogens with zero attached hydrogens (tertiary/aromatic N) is 1. The lowest BCUT2D eigenvalue weighted by molar-refractivity contribution is -0.112. The Morgan fingerprint density at radius 3 is 2.46 bits per heavy atom. The van der Waals surface area contributed by atoms with Crippen molar-refractivity contribution in [3.05, 3.63) is 77.9 Å². The van der Waals surface area contributed by atoms with Gasteiger partial charge in [0.1, 0.15) is 17.4 Å². The highest BCUT2D eigenvalue weighted by Gasteiger charge is 2.11. The molecule has 0 aliphatic carbocycles. The van der Waals surface area contributed by atoms with Crippen LogP contribution in [-0.2, 0) is 4.79 Å². The van der Waals surface area contributed by atoms with Crippen molar-refractivity contribution >= 4 is 28.4 Å². The van der Waals surface area contributed by atoms with E-state index in [1.165, 1.54) is 12.1 Å². The van der Waals surface area contributed by atoms with Crippen LogP contribution in [0.15, 0.2) is 72.3 Å². The first-order valence-corrected chi connectivity index (χ1v) is 7.37. The summed E-state index contributed by atoms with van der Waals surface area (Å²) in [6.45, 7) is 0. The monoisotopic (exact) mass is 314 g/mol. The Labute approximate surface area is 139 Å². The lowest BCUT2D eigenvalue weighted by Crippen LogP contribution is -2.13. The van der Waals surface area contributed by atoms with Gasteiger partial charge in [0.2, 0.25) is 0 Å². The zero-order chi connectivity index (χ0) is 16.9. The predicted molar refractivity (Wildman–Crippen MR) is 94.3 cm³/mol. The average molecular weight is 314 g/mol. The number of para-hydroxylation sites is 1. The Morgan fingerprint density at radius 2 is 1.71 bits per heavy atom. The molecule has 0 fully saturated rings. The largest absolute Gasteiger partial charge is 0.507 e. The summed E-state index contributed by atoms with van der Waals surface area (Å²) in [6, 6.07) is 21.8. The molecule has 0 bridgehead atoms. The van der Waals surface area contributed by atoms with Gasteiger partial charge in [0.15, 0.2) is 0 Å². The van der Waals surface area contributed by atoms with Gasteiger partial charge in [-0.25, -0.2) is 0 Å². The van der Waals surface area contributed by atoms with E-state index in [4.69, 9.17) is 0 Å². The molecule has 3 aromatic carbocycles. The van der Waals surface area contributed by atoms with Crippen LogP contribution < -0.4 is 5.32 Å². The summed E-state index contributed by atoms with van der Waals surface area (Å²) in [5.74, 6) is -0.500. The second-order valence-electron chi connectivity index (χ2n) is 5.24. The fourth-order valence-corrected chi connectivity index (χ4v) is 2.38. The highest BCUT2D eigenvalue weighted by molar-refractivity contribution is 6.10. The van der Waals surface area contributed by atoms with Crippen molar-refractivity contribution in [1.29, 1.82) is 5.26 Å². The van der Waals surface area contributed by atoms with Gasteiger partial charge in [0, 0.05) is 11.3 Å². The number of anilines is 1. The summed E-state index contributed by atoms with van der Waals surface area (Å²) in [4.78, 5) is 12.3. The summed E-state index contributed by atoms with van der Waals surface area (Å²) >= 11 is 0. The number of nitriles is 1. The van der Waals surface area contributed by atoms with Crippen LogP contribution in [0.4, 0.5) is 5.69 Å². The van der Waals surface area contributed by atoms with Crippen molar-refractivity contribution in [2.45, 2.75) is 0 Å². The molecule has 24 heavy (non-hydrogen) atoms. The molecule has 3 aromatic rings. The molecule has 0 heterocycles. The number of carbonyl (C=O) groups excluding carboxylic acids is 1. The highest BCUT2D eigenvalue weighted by atomic mass is 16.3. The Balaban J connectivity index is 1.86. The Hall–Kier alpha value is -3.58. The van der Waals surface area contributed by atoms with Gasteiger partial charge in [-0.15, -0.1) is 0 Å². The molecule has 0 aliphatic rings. The van der Waals surface area contributed by atoms with Crippen molar-refractivity contribution in [3.63, 3.8) is 0 Å². The van der Waals surface area contributed by atoms with E-state index >= 15 is 0 Å². The topological polar surface area (TPSA) is 73.1 Å². The maximum atomic E-state index is 12.3. The van der Waals surface area contributed by atoms with Crippen LogP contribution in [0.3, 0.4) is 0 Å². The first-order valence-electron chi connectivity index (χ1n) is 7.37. The highest BCUT2D eigenvalue weighted by Crippen LogP contribution is 2.21. The van der Waals surface area contributed by atoms with Crippen LogP contribution in [0.5, 0.6) is 5.75 Å². The zero-order valence-electron chi connectivity index (χ0n) is 12.7. The van der Waals surface area contributed by atoms with E-state index < -0.39 is 5.91 Å². The molecular weight excluding hydrogens is 300 g/mol. The molecule has 3 rings (SSSR count). The fraction of sp³-hybridized carbons (Fsp3) is 0. The lowest BCUT2D eigenvalue weighted by Gasteiger charge is -2.06. The third-order valence-corrected chi connectivity index (χ3v) is 3.61. The van der Waals surface area contributed by atoms with E-state index in [9.17, 15) is 15.2 Å². The van der Waals surface area contributed by atoms with E-state index in [0.29, 0.717) is 11.3 Å². The van der Waals surface area contributed by atoms with E-state index in [1.807, 2.05) is 42.5 Å². The van der Waals surface area contributed by atoms with E-state index in [0.717, 1.165) is 10.8 Å². The van der Waals surface area contributed by atoms with E-state index in [2.05, 4.69) is 5.32 Å². The van der Waals surface area contributed by atoms with Crippen LogP contribution in [0.1, 0.15) is 5.56 Å². The minimum absolute atomic E-state index is 0.0174. The molecule has 0 saturated carbocycles. The third-order valence-electron chi connectivity index (χ3n) is 3.61. The average Bonchev–Trinajstić information content (AvgIpc) is 2.61. The smallest absolute Gasteiger partial charge is 0.266 e. The van der Waals surface area contributed by atoms with Crippen molar-refractivity contribution in [2.75, 3.05) is 5.32 Å². The van der Waals surface area contributed by atoms with Gasteiger partial charge in [-0.3, -0.25) is 4.79 Å². The number of fused-ring (bicyclic) bond motifs is 1. The molecular formula is C20H14N2O2. The number of rotatable bonds is 3. The van der Waals surface area contributed by atoms with Crippen molar-refractivity contribution < 1.29 is 9.90 Å². The number of hydrogen-bond acceptors (Lipinski definition) is 3. The van der Waals surface area contributed by atoms with Gasteiger partial charge < -0.3 is 10.4 Å². The maximum Gasteiger partial charge on any atom is 0.266 e. The molecule has 116 valence electrons. The normalized spacial score (nSPS) is 11.0. The second kappa shape index (κ2) is 6.67. The van der Waals surface area contributed by atoms with Crippen molar-refractivity contribution in [1.82, 2.24) is 0 Å². The summed E-state index contributed by atoms with van der Waals surface area (Å²) in [7, 11) is 0. The minimum atomic E-state index is -0.518. The first kappa shape index (κ1) is 15.3. The number of benzene rings is 3. The van der Waals surface area contributed by atoms with Gasteiger partial charge >= 0.3 is 0 Å². The van der Waals surface area contributed by atoms with Crippen LogP contribution in [0.2, 0.25) is 0 Å². The number of phenolic OH excluding ortho intramolecular Hbond substituents is 1. The first-order chi connectivity index (χ1) is 11.7. The summed E-state index contributed by atoms with van der Waals surface area (Å²) in [5.41, 5.74) is 0.949. The fourth-order valence-electron chi connectivity index (χ4n) is 2.38. The minimum Gasteiger partial charge on any atom is -0.507 e. The standard InChI is InChI=1S/C20H14N2O2/c21-13-17(11-16-7-3-4-8-19(16)23)20(24)22-18-10-9-14-5-1-2-6-15(14)12-18/h1-12,23H,(H,22,24)/b17-11+. The van der Waals surface area contributed by atoms with E-state index in [-0.39, 0.29) is 11.3 Å². The van der Waals surface area contributed by atoms with Gasteiger partial charge in [-0.2, -0.15) is 5.26 Å². The molecule has 0 atom stereocenters. The van der Waals surface area contributed by atoms with Crippen molar-refractivity contribution in [2.24, 2.45) is 0 Å². The molecule has 0 aromatic heterocycles. The molecule has 0 spiro atoms. The van der Waals surface area contributed by atoms with E-state index in [1.54, 1.807) is 24.3 Å². The molecule has 1 amide bonds. The molecule has 4 nitrogen and oxygen atoms in total. The molecule has 0 radical (unpaired) electrons. The Kier molecular flexibility index (Phi) is 4.26. The third kappa shape index (κ3) is 3.26. The molecule has 0 saturated heterocycles. The summed E-state index contributed by atoms with van der Waals surface area (Å²) in [5, 5.41) is 23.8. The number of aromatic hydroxyl groups is 1. The summed E-state index contributed by atoms with van der Waals surface area (Å²) in [6.07, 6.45) is 1.37. The quantitative estimate of drug-likeness (QED) is 0.565. The molecule has 0 unspecified atom stereocenters. The molecule has 0 aliphatic heterocycles. The number of amides is 1. The SMILES string of the molecule is N#C/C(=C\c1ccccc1O)C(=O)Nc1ccc2ccccc2c1. The van der Waals surface area contributed by atoms with Crippen LogP contribution in [-0.4, -0.2) is 11.0 Å². The van der Waals surface area contributed by atoms with Gasteiger partial charge in [-0.05, 0) is 35.0 Å². The van der Waals surface area contributed by atoms with Gasteiger partial charge in [0.25, 0.3) is 5.91 Å². The molecule has 4 heteroatoms. The van der Waals surface area contributed by atoms with Crippen LogP contribution in [0, 0.1) is 11.3 Å².